The summed E-state index contributed by atoms with van der Waals surface area (Å²) in [6.45, 7) is 6.29. The average Bonchev–Trinajstić information content (AvgIpc) is 2.75. The summed E-state index contributed by atoms with van der Waals surface area (Å²) in [6.07, 6.45) is 1.89. The zero-order valence-corrected chi connectivity index (χ0v) is 12.1. The van der Waals surface area contributed by atoms with E-state index in [1.165, 1.54) is 11.8 Å². The first-order valence-electron chi connectivity index (χ1n) is 6.08. The first kappa shape index (κ1) is 13.5. The standard InChI is InChI=1S/C14H17N3OS/c1-9-4-5-12(17-10(2)18)6-14(9)16-8-13-7-15-11(3)19-13/h4-7,16H,8H2,1-3H3,(H,17,18). The summed E-state index contributed by atoms with van der Waals surface area (Å²) in [5.74, 6) is -0.0621. The molecule has 0 spiro atoms. The van der Waals surface area contributed by atoms with E-state index >= 15 is 0 Å². The lowest BCUT2D eigenvalue weighted by Crippen LogP contribution is -2.07. The molecule has 2 aromatic rings. The maximum Gasteiger partial charge on any atom is 0.221 e. The molecule has 0 saturated carbocycles. The van der Waals surface area contributed by atoms with Crippen molar-refractivity contribution < 1.29 is 4.79 Å². The van der Waals surface area contributed by atoms with Gasteiger partial charge in [0, 0.05) is 29.4 Å². The molecule has 0 unspecified atom stereocenters. The molecule has 0 radical (unpaired) electrons. The first-order valence-corrected chi connectivity index (χ1v) is 6.89. The molecule has 2 rings (SSSR count). The Bertz CT molecular complexity index is 592. The van der Waals surface area contributed by atoms with Gasteiger partial charge in [-0.15, -0.1) is 11.3 Å². The van der Waals surface area contributed by atoms with E-state index in [1.807, 2.05) is 38.2 Å². The van der Waals surface area contributed by atoms with Crippen LogP contribution < -0.4 is 10.6 Å². The minimum atomic E-state index is -0.0621. The van der Waals surface area contributed by atoms with E-state index in [2.05, 4.69) is 15.6 Å². The third-order valence-electron chi connectivity index (χ3n) is 2.68. The van der Waals surface area contributed by atoms with Gasteiger partial charge in [-0.25, -0.2) is 4.98 Å². The number of hydrogen-bond acceptors (Lipinski definition) is 4. The number of nitrogens with one attached hydrogen (secondary N) is 2. The van der Waals surface area contributed by atoms with Gasteiger partial charge in [0.15, 0.2) is 0 Å². The van der Waals surface area contributed by atoms with Gasteiger partial charge in [-0.05, 0) is 31.5 Å². The molecule has 0 bridgehead atoms. The van der Waals surface area contributed by atoms with Crippen LogP contribution in [0.2, 0.25) is 0 Å². The van der Waals surface area contributed by atoms with Gasteiger partial charge < -0.3 is 10.6 Å². The van der Waals surface area contributed by atoms with Crippen molar-refractivity contribution in [3.63, 3.8) is 0 Å². The van der Waals surface area contributed by atoms with Gasteiger partial charge in [-0.2, -0.15) is 0 Å². The van der Waals surface area contributed by atoms with E-state index < -0.39 is 0 Å². The fourth-order valence-corrected chi connectivity index (χ4v) is 2.50. The summed E-state index contributed by atoms with van der Waals surface area (Å²) in [6, 6.07) is 5.84. The number of carbonyl (C=O) groups excluding carboxylic acids is 1. The molecule has 1 aromatic carbocycles. The number of aromatic nitrogens is 1. The molecule has 0 aliphatic rings. The van der Waals surface area contributed by atoms with Crippen molar-refractivity contribution in [1.29, 1.82) is 0 Å². The molecule has 5 heteroatoms. The highest BCUT2D eigenvalue weighted by Crippen LogP contribution is 2.22. The Morgan fingerprint density at radius 2 is 2.16 bits per heavy atom. The number of benzene rings is 1. The Balaban J connectivity index is 2.08. The van der Waals surface area contributed by atoms with E-state index in [4.69, 9.17) is 0 Å². The number of thiazole rings is 1. The van der Waals surface area contributed by atoms with Gasteiger partial charge in [0.2, 0.25) is 5.91 Å². The lowest BCUT2D eigenvalue weighted by atomic mass is 10.1. The summed E-state index contributed by atoms with van der Waals surface area (Å²) in [5, 5.41) is 7.23. The van der Waals surface area contributed by atoms with Crippen molar-refractivity contribution in [3.8, 4) is 0 Å². The van der Waals surface area contributed by atoms with Crippen molar-refractivity contribution in [3.05, 3.63) is 39.8 Å². The highest BCUT2D eigenvalue weighted by Gasteiger charge is 2.03. The summed E-state index contributed by atoms with van der Waals surface area (Å²) in [5.41, 5.74) is 2.98. The third kappa shape index (κ3) is 3.79. The quantitative estimate of drug-likeness (QED) is 0.900. The molecule has 0 aliphatic heterocycles. The second kappa shape index (κ2) is 5.84. The van der Waals surface area contributed by atoms with Crippen LogP contribution in [0, 0.1) is 13.8 Å². The minimum absolute atomic E-state index is 0.0621. The molecule has 19 heavy (non-hydrogen) atoms. The lowest BCUT2D eigenvalue weighted by molar-refractivity contribution is -0.114. The Morgan fingerprint density at radius 3 is 2.79 bits per heavy atom. The lowest BCUT2D eigenvalue weighted by Gasteiger charge is -2.11. The number of carbonyl (C=O) groups is 1. The van der Waals surface area contributed by atoms with Gasteiger partial charge in [0.1, 0.15) is 0 Å². The van der Waals surface area contributed by atoms with E-state index in [1.54, 1.807) is 11.3 Å². The molecule has 2 N–H and O–H groups in total. The normalized spacial score (nSPS) is 10.3. The first-order chi connectivity index (χ1) is 9.04. The maximum absolute atomic E-state index is 11.1. The van der Waals surface area contributed by atoms with Crippen LogP contribution in [0.5, 0.6) is 0 Å². The molecule has 0 fully saturated rings. The number of nitrogens with zero attached hydrogens (tertiary/aromatic N) is 1. The van der Waals surface area contributed by atoms with Crippen LogP contribution in [0.3, 0.4) is 0 Å². The van der Waals surface area contributed by atoms with Crippen molar-refractivity contribution in [2.45, 2.75) is 27.3 Å². The van der Waals surface area contributed by atoms with Crippen LogP contribution in [0.25, 0.3) is 0 Å². The number of aryl methyl sites for hydroxylation is 2. The SMILES string of the molecule is CC(=O)Nc1ccc(C)c(NCc2cnc(C)s2)c1. The molecule has 4 nitrogen and oxygen atoms in total. The second-order valence-electron chi connectivity index (χ2n) is 4.41. The summed E-state index contributed by atoms with van der Waals surface area (Å²) in [7, 11) is 0. The molecule has 1 heterocycles. The third-order valence-corrected chi connectivity index (χ3v) is 3.59. The molecule has 1 aromatic heterocycles. The predicted octanol–water partition coefficient (Wildman–Crippen LogP) is 3.33. The van der Waals surface area contributed by atoms with E-state index in [0.717, 1.165) is 28.5 Å². The van der Waals surface area contributed by atoms with Crippen LogP contribution in [-0.4, -0.2) is 10.9 Å². The summed E-state index contributed by atoms with van der Waals surface area (Å²) < 4.78 is 0. The average molecular weight is 275 g/mol. The largest absolute Gasteiger partial charge is 0.380 e. The fraction of sp³-hybridized carbons (Fsp3) is 0.286. The summed E-state index contributed by atoms with van der Waals surface area (Å²) in [4.78, 5) is 16.5. The Kier molecular flexibility index (Phi) is 4.16. The van der Waals surface area contributed by atoms with Gasteiger partial charge in [0.05, 0.1) is 11.6 Å². The molecule has 0 saturated heterocycles. The molecule has 0 aliphatic carbocycles. The van der Waals surface area contributed by atoms with Gasteiger partial charge >= 0.3 is 0 Å². The van der Waals surface area contributed by atoms with Crippen LogP contribution in [0.4, 0.5) is 11.4 Å². The number of anilines is 2. The Morgan fingerprint density at radius 1 is 1.37 bits per heavy atom. The number of amides is 1. The topological polar surface area (TPSA) is 54.0 Å². The van der Waals surface area contributed by atoms with Crippen molar-refractivity contribution >= 4 is 28.6 Å². The van der Waals surface area contributed by atoms with Crippen molar-refractivity contribution in [1.82, 2.24) is 4.98 Å². The zero-order valence-electron chi connectivity index (χ0n) is 11.3. The Labute approximate surface area is 116 Å². The molecule has 100 valence electrons. The second-order valence-corrected chi connectivity index (χ2v) is 5.73. The van der Waals surface area contributed by atoms with Crippen LogP contribution >= 0.6 is 11.3 Å². The monoisotopic (exact) mass is 275 g/mol. The Hall–Kier alpha value is -1.88. The minimum Gasteiger partial charge on any atom is -0.380 e. The fourth-order valence-electron chi connectivity index (χ4n) is 1.76. The van der Waals surface area contributed by atoms with Crippen molar-refractivity contribution in [2.75, 3.05) is 10.6 Å². The molecule has 0 atom stereocenters. The van der Waals surface area contributed by atoms with E-state index in [0.29, 0.717) is 0 Å². The van der Waals surface area contributed by atoms with E-state index in [9.17, 15) is 4.79 Å². The molecule has 1 amide bonds. The van der Waals surface area contributed by atoms with Gasteiger partial charge in [-0.3, -0.25) is 4.79 Å². The smallest absolute Gasteiger partial charge is 0.221 e. The summed E-state index contributed by atoms with van der Waals surface area (Å²) >= 11 is 1.68. The van der Waals surface area contributed by atoms with Gasteiger partial charge in [0.25, 0.3) is 0 Å². The number of rotatable bonds is 4. The predicted molar refractivity (Wildman–Crippen MR) is 79.7 cm³/mol. The highest BCUT2D eigenvalue weighted by atomic mass is 32.1. The highest BCUT2D eigenvalue weighted by molar-refractivity contribution is 7.11. The maximum atomic E-state index is 11.1. The zero-order chi connectivity index (χ0) is 13.8. The van der Waals surface area contributed by atoms with Crippen molar-refractivity contribution in [2.24, 2.45) is 0 Å². The van der Waals surface area contributed by atoms with E-state index in [-0.39, 0.29) is 5.91 Å². The van der Waals surface area contributed by atoms with Gasteiger partial charge in [-0.1, -0.05) is 6.07 Å². The molecular weight excluding hydrogens is 258 g/mol. The van der Waals surface area contributed by atoms with Crippen LogP contribution in [0.1, 0.15) is 22.4 Å². The van der Waals surface area contributed by atoms with Crippen LogP contribution in [-0.2, 0) is 11.3 Å². The molecular formula is C14H17N3OS. The number of hydrogen-bond donors (Lipinski definition) is 2. The van der Waals surface area contributed by atoms with Crippen LogP contribution in [0.15, 0.2) is 24.4 Å².